The first-order chi connectivity index (χ1) is 14.6. The monoisotopic (exact) mass is 395 g/mol. The van der Waals surface area contributed by atoms with Crippen LogP contribution in [0.4, 0.5) is 5.69 Å². The second-order valence-corrected chi connectivity index (χ2v) is 7.39. The highest BCUT2D eigenvalue weighted by molar-refractivity contribution is 5.85. The van der Waals surface area contributed by atoms with Crippen molar-refractivity contribution in [2.24, 2.45) is 4.99 Å². The van der Waals surface area contributed by atoms with Gasteiger partial charge in [0.1, 0.15) is 6.61 Å². The number of aryl methyl sites for hydroxylation is 2. The van der Waals surface area contributed by atoms with Gasteiger partial charge >= 0.3 is 0 Å². The zero-order valence-corrected chi connectivity index (χ0v) is 17.6. The molecule has 0 heterocycles. The van der Waals surface area contributed by atoms with Gasteiger partial charge in [-0.3, -0.25) is 4.99 Å². The molecule has 30 heavy (non-hydrogen) atoms. The molecule has 0 N–H and O–H groups in total. The average Bonchev–Trinajstić information content (AvgIpc) is 2.77. The maximum atomic E-state index is 6.10. The molecule has 0 atom stereocenters. The summed E-state index contributed by atoms with van der Waals surface area (Å²) in [5.41, 5.74) is 5.48. The minimum atomic E-state index is 0.480. The number of aliphatic imine (C=N–C) groups is 1. The Labute approximate surface area is 177 Å². The molecule has 3 nitrogen and oxygen atoms in total. The quantitative estimate of drug-likeness (QED) is 0.336. The molecule has 0 spiro atoms. The lowest BCUT2D eigenvalue weighted by Gasteiger charge is -2.13. The summed E-state index contributed by atoms with van der Waals surface area (Å²) in [5, 5.41) is 2.42. The van der Waals surface area contributed by atoms with Gasteiger partial charge in [-0.1, -0.05) is 60.2 Å². The molecule has 4 rings (SSSR count). The van der Waals surface area contributed by atoms with Crippen LogP contribution in [-0.2, 0) is 6.61 Å². The summed E-state index contributed by atoms with van der Waals surface area (Å²) in [7, 11) is 1.66. The Morgan fingerprint density at radius 3 is 2.50 bits per heavy atom. The molecule has 0 saturated carbocycles. The number of nitrogens with zero attached hydrogens (tertiary/aromatic N) is 1. The van der Waals surface area contributed by atoms with Crippen molar-refractivity contribution < 1.29 is 9.47 Å². The van der Waals surface area contributed by atoms with Gasteiger partial charge in [-0.15, -0.1) is 0 Å². The topological polar surface area (TPSA) is 30.8 Å². The molecule has 0 aromatic heterocycles. The van der Waals surface area contributed by atoms with E-state index in [1.54, 1.807) is 7.11 Å². The summed E-state index contributed by atoms with van der Waals surface area (Å²) in [6.45, 7) is 4.64. The summed E-state index contributed by atoms with van der Waals surface area (Å²) in [5.74, 6) is 1.41. The summed E-state index contributed by atoms with van der Waals surface area (Å²) in [4.78, 5) is 4.63. The van der Waals surface area contributed by atoms with E-state index in [-0.39, 0.29) is 0 Å². The first-order valence-electron chi connectivity index (χ1n) is 10.0. The van der Waals surface area contributed by atoms with E-state index >= 15 is 0 Å². The SMILES string of the molecule is COc1cc(C=Nc2ccc(C)cc2C)ccc1OCc1cccc2ccccc12. The van der Waals surface area contributed by atoms with Crippen molar-refractivity contribution in [1.82, 2.24) is 0 Å². The zero-order valence-electron chi connectivity index (χ0n) is 17.6. The Kier molecular flexibility index (Phi) is 5.80. The van der Waals surface area contributed by atoms with Crippen LogP contribution in [0.5, 0.6) is 11.5 Å². The Bertz CT molecular complexity index is 1210. The van der Waals surface area contributed by atoms with Crippen LogP contribution in [0.2, 0.25) is 0 Å². The smallest absolute Gasteiger partial charge is 0.161 e. The molecule has 0 radical (unpaired) electrons. The van der Waals surface area contributed by atoms with Crippen molar-refractivity contribution in [3.05, 3.63) is 101 Å². The number of benzene rings is 4. The van der Waals surface area contributed by atoms with Gasteiger partial charge in [-0.25, -0.2) is 0 Å². The third kappa shape index (κ3) is 4.36. The molecular weight excluding hydrogens is 370 g/mol. The van der Waals surface area contributed by atoms with Gasteiger partial charge in [-0.05, 0) is 65.6 Å². The van der Waals surface area contributed by atoms with E-state index < -0.39 is 0 Å². The Morgan fingerprint density at radius 1 is 0.833 bits per heavy atom. The van der Waals surface area contributed by atoms with Crippen molar-refractivity contribution in [3.63, 3.8) is 0 Å². The first-order valence-corrected chi connectivity index (χ1v) is 10.0. The van der Waals surface area contributed by atoms with Gasteiger partial charge in [-0.2, -0.15) is 0 Å². The minimum absolute atomic E-state index is 0.480. The molecule has 0 unspecified atom stereocenters. The van der Waals surface area contributed by atoms with Crippen molar-refractivity contribution in [2.45, 2.75) is 20.5 Å². The molecular formula is C27H25NO2. The second kappa shape index (κ2) is 8.83. The van der Waals surface area contributed by atoms with Crippen LogP contribution in [0.1, 0.15) is 22.3 Å². The summed E-state index contributed by atoms with van der Waals surface area (Å²) >= 11 is 0. The number of ether oxygens (including phenoxy) is 2. The summed E-state index contributed by atoms with van der Waals surface area (Å²) < 4.78 is 11.7. The lowest BCUT2D eigenvalue weighted by atomic mass is 10.1. The van der Waals surface area contributed by atoms with Crippen LogP contribution in [0, 0.1) is 13.8 Å². The van der Waals surface area contributed by atoms with Crippen molar-refractivity contribution >= 4 is 22.7 Å². The minimum Gasteiger partial charge on any atom is -0.493 e. The second-order valence-electron chi connectivity index (χ2n) is 7.39. The van der Waals surface area contributed by atoms with Crippen LogP contribution in [-0.4, -0.2) is 13.3 Å². The van der Waals surface area contributed by atoms with Crippen LogP contribution in [0.3, 0.4) is 0 Å². The van der Waals surface area contributed by atoms with Crippen LogP contribution >= 0.6 is 0 Å². The highest BCUT2D eigenvalue weighted by atomic mass is 16.5. The molecule has 3 heteroatoms. The number of hydrogen-bond acceptors (Lipinski definition) is 3. The maximum absolute atomic E-state index is 6.10. The van der Waals surface area contributed by atoms with E-state index in [4.69, 9.17) is 9.47 Å². The van der Waals surface area contributed by atoms with E-state index in [2.05, 4.69) is 67.4 Å². The highest BCUT2D eigenvalue weighted by Gasteiger charge is 2.07. The predicted molar refractivity (Wildman–Crippen MR) is 124 cm³/mol. The first kappa shape index (κ1) is 19.7. The fourth-order valence-electron chi connectivity index (χ4n) is 3.55. The van der Waals surface area contributed by atoms with E-state index in [0.29, 0.717) is 18.1 Å². The lowest BCUT2D eigenvalue weighted by Crippen LogP contribution is -1.99. The number of methoxy groups -OCH3 is 1. The van der Waals surface area contributed by atoms with Crippen molar-refractivity contribution in [1.29, 1.82) is 0 Å². The lowest BCUT2D eigenvalue weighted by molar-refractivity contribution is 0.285. The van der Waals surface area contributed by atoms with Gasteiger partial charge in [0.05, 0.1) is 12.8 Å². The molecule has 0 amide bonds. The molecule has 0 bridgehead atoms. The van der Waals surface area contributed by atoms with Gasteiger partial charge in [0, 0.05) is 6.21 Å². The normalized spacial score (nSPS) is 11.2. The van der Waals surface area contributed by atoms with Crippen LogP contribution in [0.25, 0.3) is 10.8 Å². The zero-order chi connectivity index (χ0) is 20.9. The van der Waals surface area contributed by atoms with Gasteiger partial charge < -0.3 is 9.47 Å². The fourth-order valence-corrected chi connectivity index (χ4v) is 3.55. The number of fused-ring (bicyclic) bond motifs is 1. The van der Waals surface area contributed by atoms with Crippen molar-refractivity contribution in [3.8, 4) is 11.5 Å². The standard InChI is InChI=1S/C27H25NO2/c1-19-11-13-25(20(2)15-19)28-17-21-12-14-26(27(16-21)29-3)30-18-23-9-6-8-22-7-4-5-10-24(22)23/h4-17H,18H2,1-3H3. The largest absolute Gasteiger partial charge is 0.493 e. The number of hydrogen-bond donors (Lipinski definition) is 0. The Hall–Kier alpha value is -3.59. The maximum Gasteiger partial charge on any atom is 0.161 e. The molecule has 4 aromatic rings. The molecule has 0 aliphatic carbocycles. The third-order valence-electron chi connectivity index (χ3n) is 5.16. The fraction of sp³-hybridized carbons (Fsp3) is 0.148. The molecule has 4 aromatic carbocycles. The third-order valence-corrected chi connectivity index (χ3v) is 5.16. The van der Waals surface area contributed by atoms with Gasteiger partial charge in [0.2, 0.25) is 0 Å². The Balaban J connectivity index is 1.53. The van der Waals surface area contributed by atoms with E-state index in [9.17, 15) is 0 Å². The molecule has 0 saturated heterocycles. The number of rotatable bonds is 6. The summed E-state index contributed by atoms with van der Waals surface area (Å²) in [6.07, 6.45) is 1.86. The van der Waals surface area contributed by atoms with E-state index in [1.165, 1.54) is 16.3 Å². The molecule has 150 valence electrons. The molecule has 0 aliphatic rings. The van der Waals surface area contributed by atoms with E-state index in [1.807, 2.05) is 36.5 Å². The van der Waals surface area contributed by atoms with Crippen molar-refractivity contribution in [2.75, 3.05) is 7.11 Å². The highest BCUT2D eigenvalue weighted by Crippen LogP contribution is 2.30. The summed E-state index contributed by atoms with van der Waals surface area (Å²) in [6, 6.07) is 26.7. The van der Waals surface area contributed by atoms with Crippen LogP contribution in [0.15, 0.2) is 83.9 Å². The average molecular weight is 396 g/mol. The molecule has 0 aliphatic heterocycles. The van der Waals surface area contributed by atoms with Gasteiger partial charge in [0.15, 0.2) is 11.5 Å². The Morgan fingerprint density at radius 2 is 1.67 bits per heavy atom. The van der Waals surface area contributed by atoms with Gasteiger partial charge in [0.25, 0.3) is 0 Å². The van der Waals surface area contributed by atoms with Crippen LogP contribution < -0.4 is 9.47 Å². The molecule has 0 fully saturated rings. The predicted octanol–water partition coefficient (Wildman–Crippen LogP) is 6.79. The van der Waals surface area contributed by atoms with E-state index in [0.717, 1.165) is 22.4 Å².